The van der Waals surface area contributed by atoms with Crippen molar-refractivity contribution in [1.29, 1.82) is 0 Å². The Balaban J connectivity index is 1.84. The SMILES string of the molecule is O=C(Nc1cccc(Cl)n1)[C@@H]1CCCCN1S(=O)(=O)c1ccccc1. The molecule has 2 heterocycles. The lowest BCUT2D eigenvalue weighted by molar-refractivity contribution is -0.120. The van der Waals surface area contributed by atoms with Crippen molar-refractivity contribution in [1.82, 2.24) is 9.29 Å². The normalized spacial score (nSPS) is 18.7. The average Bonchev–Trinajstić information content (AvgIpc) is 2.62. The Hall–Kier alpha value is -1.96. The molecule has 0 spiro atoms. The average molecular weight is 380 g/mol. The predicted octanol–water partition coefficient (Wildman–Crippen LogP) is 2.92. The van der Waals surface area contributed by atoms with Crippen LogP contribution >= 0.6 is 11.6 Å². The summed E-state index contributed by atoms with van der Waals surface area (Å²) in [6, 6.07) is 12.3. The third kappa shape index (κ3) is 4.00. The first kappa shape index (κ1) is 17.8. The van der Waals surface area contributed by atoms with Gasteiger partial charge in [-0.05, 0) is 37.1 Å². The van der Waals surface area contributed by atoms with Crippen molar-refractivity contribution < 1.29 is 13.2 Å². The summed E-state index contributed by atoms with van der Waals surface area (Å²) in [7, 11) is -3.73. The maximum Gasteiger partial charge on any atom is 0.243 e. The Morgan fingerprint density at radius 3 is 2.60 bits per heavy atom. The van der Waals surface area contributed by atoms with E-state index in [1.807, 2.05) is 0 Å². The predicted molar refractivity (Wildman–Crippen MR) is 95.8 cm³/mol. The lowest BCUT2D eigenvalue weighted by atomic mass is 10.0. The summed E-state index contributed by atoms with van der Waals surface area (Å²) in [5.74, 6) is -0.0888. The molecular weight excluding hydrogens is 362 g/mol. The number of aromatic nitrogens is 1. The number of nitrogens with one attached hydrogen (secondary N) is 1. The van der Waals surface area contributed by atoms with Gasteiger partial charge in [0.15, 0.2) is 0 Å². The van der Waals surface area contributed by atoms with E-state index in [2.05, 4.69) is 10.3 Å². The smallest absolute Gasteiger partial charge is 0.243 e. The molecule has 2 aromatic rings. The monoisotopic (exact) mass is 379 g/mol. The van der Waals surface area contributed by atoms with Crippen LogP contribution in [0.5, 0.6) is 0 Å². The zero-order valence-corrected chi connectivity index (χ0v) is 15.0. The van der Waals surface area contributed by atoms with Gasteiger partial charge in [0, 0.05) is 6.54 Å². The molecule has 1 aliphatic rings. The fourth-order valence-corrected chi connectivity index (χ4v) is 4.71. The molecule has 132 valence electrons. The Morgan fingerprint density at radius 1 is 1.12 bits per heavy atom. The van der Waals surface area contributed by atoms with Gasteiger partial charge in [-0.2, -0.15) is 4.31 Å². The summed E-state index contributed by atoms with van der Waals surface area (Å²) < 4.78 is 27.1. The molecule has 1 atom stereocenters. The van der Waals surface area contributed by atoms with Crippen LogP contribution in [0.1, 0.15) is 19.3 Å². The number of amides is 1. The van der Waals surface area contributed by atoms with Crippen molar-refractivity contribution >= 4 is 33.3 Å². The van der Waals surface area contributed by atoms with E-state index in [-0.39, 0.29) is 10.0 Å². The van der Waals surface area contributed by atoms with Crippen LogP contribution in [0.25, 0.3) is 0 Å². The largest absolute Gasteiger partial charge is 0.309 e. The van der Waals surface area contributed by atoms with Gasteiger partial charge >= 0.3 is 0 Å². The lowest BCUT2D eigenvalue weighted by Gasteiger charge is -2.33. The number of nitrogens with zero attached hydrogens (tertiary/aromatic N) is 2. The molecule has 0 unspecified atom stereocenters. The van der Waals surface area contributed by atoms with E-state index >= 15 is 0 Å². The second-order valence-corrected chi connectivity index (χ2v) is 8.05. The highest BCUT2D eigenvalue weighted by Gasteiger charge is 2.37. The van der Waals surface area contributed by atoms with Gasteiger partial charge in [0.2, 0.25) is 15.9 Å². The van der Waals surface area contributed by atoms with Gasteiger partial charge in [0.1, 0.15) is 17.0 Å². The Labute approximate surface area is 151 Å². The molecular formula is C17H18ClN3O3S. The number of rotatable bonds is 4. The standard InChI is InChI=1S/C17H18ClN3O3S/c18-15-10-6-11-16(19-15)20-17(22)14-9-4-5-12-21(14)25(23,24)13-7-2-1-3-8-13/h1-3,6-8,10-11,14H,4-5,9,12H2,(H,19,20,22)/t14-/m0/s1. The number of hydrogen-bond acceptors (Lipinski definition) is 4. The molecule has 8 heteroatoms. The summed E-state index contributed by atoms with van der Waals surface area (Å²) in [5, 5.41) is 2.92. The molecule has 6 nitrogen and oxygen atoms in total. The number of hydrogen-bond donors (Lipinski definition) is 1. The molecule has 1 fully saturated rings. The molecule has 1 N–H and O–H groups in total. The highest BCUT2D eigenvalue weighted by Crippen LogP contribution is 2.26. The van der Waals surface area contributed by atoms with E-state index in [0.29, 0.717) is 18.8 Å². The highest BCUT2D eigenvalue weighted by molar-refractivity contribution is 7.89. The number of benzene rings is 1. The number of pyridine rings is 1. The lowest BCUT2D eigenvalue weighted by Crippen LogP contribution is -2.49. The van der Waals surface area contributed by atoms with Crippen LogP contribution in [-0.2, 0) is 14.8 Å². The molecule has 1 aromatic heterocycles. The van der Waals surface area contributed by atoms with Crippen LogP contribution in [0.2, 0.25) is 5.15 Å². The van der Waals surface area contributed by atoms with E-state index < -0.39 is 22.0 Å². The van der Waals surface area contributed by atoms with Crippen molar-refractivity contribution in [2.45, 2.75) is 30.2 Å². The van der Waals surface area contributed by atoms with Crippen LogP contribution in [0.15, 0.2) is 53.4 Å². The zero-order chi connectivity index (χ0) is 17.9. The zero-order valence-electron chi connectivity index (χ0n) is 13.4. The molecule has 0 saturated carbocycles. The van der Waals surface area contributed by atoms with Crippen LogP contribution in [0.4, 0.5) is 5.82 Å². The van der Waals surface area contributed by atoms with Gasteiger partial charge in [0.05, 0.1) is 4.90 Å². The number of anilines is 1. The summed E-state index contributed by atoms with van der Waals surface area (Å²) in [6.45, 7) is 0.318. The van der Waals surface area contributed by atoms with E-state index in [1.54, 1.807) is 36.4 Å². The minimum absolute atomic E-state index is 0.190. The first-order chi connectivity index (χ1) is 12.0. The number of halogens is 1. The third-order valence-electron chi connectivity index (χ3n) is 4.07. The van der Waals surface area contributed by atoms with Gasteiger partial charge < -0.3 is 5.32 Å². The molecule has 0 aliphatic carbocycles. The van der Waals surface area contributed by atoms with E-state index in [1.165, 1.54) is 16.4 Å². The second kappa shape index (κ2) is 7.51. The molecule has 25 heavy (non-hydrogen) atoms. The molecule has 1 saturated heterocycles. The first-order valence-corrected chi connectivity index (χ1v) is 9.80. The molecule has 0 radical (unpaired) electrons. The minimum atomic E-state index is -3.73. The summed E-state index contributed by atoms with van der Waals surface area (Å²) in [4.78, 5) is 16.9. The van der Waals surface area contributed by atoms with E-state index in [0.717, 1.165) is 12.8 Å². The van der Waals surface area contributed by atoms with Crippen LogP contribution in [0, 0.1) is 0 Å². The third-order valence-corrected chi connectivity index (χ3v) is 6.21. The van der Waals surface area contributed by atoms with Gasteiger partial charge in [0.25, 0.3) is 0 Å². The quantitative estimate of drug-likeness (QED) is 0.828. The molecule has 1 aromatic carbocycles. The van der Waals surface area contributed by atoms with Crippen molar-refractivity contribution in [2.75, 3.05) is 11.9 Å². The maximum absolute atomic E-state index is 12.9. The topological polar surface area (TPSA) is 79.4 Å². The summed E-state index contributed by atoms with van der Waals surface area (Å²) in [6.07, 6.45) is 1.99. The van der Waals surface area contributed by atoms with Gasteiger partial charge in [-0.1, -0.05) is 42.3 Å². The second-order valence-electron chi connectivity index (χ2n) is 5.78. The molecule has 3 rings (SSSR count). The molecule has 1 amide bonds. The van der Waals surface area contributed by atoms with E-state index in [4.69, 9.17) is 11.6 Å². The summed E-state index contributed by atoms with van der Waals surface area (Å²) >= 11 is 5.83. The van der Waals surface area contributed by atoms with Gasteiger partial charge in [-0.3, -0.25) is 4.79 Å². The number of sulfonamides is 1. The fourth-order valence-electron chi connectivity index (χ4n) is 2.87. The van der Waals surface area contributed by atoms with Crippen LogP contribution in [0.3, 0.4) is 0 Å². The van der Waals surface area contributed by atoms with Crippen molar-refractivity contribution in [3.05, 3.63) is 53.7 Å². The fraction of sp³-hybridized carbons (Fsp3) is 0.294. The Morgan fingerprint density at radius 2 is 1.88 bits per heavy atom. The first-order valence-electron chi connectivity index (χ1n) is 7.99. The van der Waals surface area contributed by atoms with Crippen molar-refractivity contribution in [3.63, 3.8) is 0 Å². The minimum Gasteiger partial charge on any atom is -0.309 e. The Bertz CT molecular complexity index is 858. The van der Waals surface area contributed by atoms with Gasteiger partial charge in [-0.15, -0.1) is 0 Å². The highest BCUT2D eigenvalue weighted by atomic mass is 35.5. The summed E-state index contributed by atoms with van der Waals surface area (Å²) in [5.41, 5.74) is 0. The number of carbonyl (C=O) groups excluding carboxylic acids is 1. The molecule has 1 aliphatic heterocycles. The van der Waals surface area contributed by atoms with Crippen LogP contribution < -0.4 is 5.32 Å². The van der Waals surface area contributed by atoms with Crippen molar-refractivity contribution in [2.24, 2.45) is 0 Å². The number of carbonyl (C=O) groups is 1. The van der Waals surface area contributed by atoms with Crippen LogP contribution in [-0.4, -0.2) is 36.2 Å². The van der Waals surface area contributed by atoms with Gasteiger partial charge in [-0.25, -0.2) is 13.4 Å². The van der Waals surface area contributed by atoms with E-state index in [9.17, 15) is 13.2 Å². The molecule has 0 bridgehead atoms. The number of piperidine rings is 1. The van der Waals surface area contributed by atoms with Crippen molar-refractivity contribution in [3.8, 4) is 0 Å². The maximum atomic E-state index is 12.9. The Kier molecular flexibility index (Phi) is 5.36.